The second-order valence-electron chi connectivity index (χ2n) is 5.29. The minimum atomic E-state index is -0.978. The van der Waals surface area contributed by atoms with Crippen LogP contribution in [-0.4, -0.2) is 32.7 Å². The van der Waals surface area contributed by atoms with Crippen molar-refractivity contribution in [1.82, 2.24) is 4.90 Å². The zero-order valence-corrected chi connectivity index (χ0v) is 13.0. The molecule has 0 bridgehead atoms. The normalized spacial score (nSPS) is 24.7. The van der Waals surface area contributed by atoms with E-state index in [1.54, 1.807) is 12.1 Å². The van der Waals surface area contributed by atoms with Gasteiger partial charge >= 0.3 is 5.97 Å². The minimum Gasteiger partial charge on any atom is -0.480 e. The predicted molar refractivity (Wildman–Crippen MR) is 79.8 cm³/mol. The first kappa shape index (κ1) is 15.2. The van der Waals surface area contributed by atoms with Gasteiger partial charge < -0.3 is 10.0 Å². The third-order valence-electron chi connectivity index (χ3n) is 3.36. The number of carboxylic acid groups (broad SMARTS) is 1. The van der Waals surface area contributed by atoms with Crippen molar-refractivity contribution in [3.05, 3.63) is 34.9 Å². The van der Waals surface area contributed by atoms with Gasteiger partial charge in [-0.3, -0.25) is 4.79 Å². The molecular weight excluding hydrogens is 298 g/mol. The molecule has 108 valence electrons. The van der Waals surface area contributed by atoms with E-state index in [4.69, 9.17) is 11.6 Å². The molecule has 0 radical (unpaired) electrons. The van der Waals surface area contributed by atoms with Crippen LogP contribution in [0.2, 0.25) is 5.02 Å². The minimum absolute atomic E-state index is 0.240. The molecule has 0 aromatic heterocycles. The van der Waals surface area contributed by atoms with Gasteiger partial charge in [0.25, 0.3) is 0 Å². The van der Waals surface area contributed by atoms with Crippen molar-refractivity contribution in [2.24, 2.45) is 0 Å². The highest BCUT2D eigenvalue weighted by Gasteiger charge is 2.52. The molecule has 1 amide bonds. The molecule has 1 saturated heterocycles. The molecule has 0 spiro atoms. The average Bonchev–Trinajstić information content (AvgIpc) is 2.62. The molecule has 0 unspecified atom stereocenters. The third kappa shape index (κ3) is 2.65. The Morgan fingerprint density at radius 1 is 1.30 bits per heavy atom. The SMILES string of the molecule is CC(=O)N1[C@@H](c2ccc(Cl)cc2)SC(C)(C)[C@@H]1C(=O)O. The summed E-state index contributed by atoms with van der Waals surface area (Å²) in [6.07, 6.45) is 0. The standard InChI is InChI=1S/C14H16ClNO3S/c1-8(17)16-11(13(18)19)14(2,3)20-12(16)9-4-6-10(15)7-5-9/h4-7,11-12H,1-3H3,(H,18,19)/t11-,12+/m0/s1. The first-order valence-corrected chi connectivity index (χ1v) is 7.45. The molecule has 1 heterocycles. The van der Waals surface area contributed by atoms with Gasteiger partial charge in [0.05, 0.1) is 0 Å². The van der Waals surface area contributed by atoms with Crippen LogP contribution in [0.1, 0.15) is 31.7 Å². The molecule has 1 aliphatic heterocycles. The first-order valence-electron chi connectivity index (χ1n) is 6.19. The second-order valence-corrected chi connectivity index (χ2v) is 7.46. The van der Waals surface area contributed by atoms with Gasteiger partial charge in [-0.1, -0.05) is 23.7 Å². The van der Waals surface area contributed by atoms with E-state index >= 15 is 0 Å². The Kier molecular flexibility index (Phi) is 4.02. The molecule has 1 fully saturated rings. The number of carbonyl (C=O) groups is 2. The fraction of sp³-hybridized carbons (Fsp3) is 0.429. The Morgan fingerprint density at radius 2 is 1.85 bits per heavy atom. The van der Waals surface area contributed by atoms with Crippen LogP contribution >= 0.6 is 23.4 Å². The van der Waals surface area contributed by atoms with Crippen molar-refractivity contribution in [1.29, 1.82) is 0 Å². The largest absolute Gasteiger partial charge is 0.480 e. The molecular formula is C14H16ClNO3S. The molecule has 0 aliphatic carbocycles. The number of hydrogen-bond donors (Lipinski definition) is 1. The van der Waals surface area contributed by atoms with Gasteiger partial charge in [0, 0.05) is 16.7 Å². The van der Waals surface area contributed by atoms with Crippen molar-refractivity contribution in [3.8, 4) is 0 Å². The number of carbonyl (C=O) groups excluding carboxylic acids is 1. The van der Waals surface area contributed by atoms with E-state index in [2.05, 4.69) is 0 Å². The van der Waals surface area contributed by atoms with Crippen LogP contribution in [0.15, 0.2) is 24.3 Å². The smallest absolute Gasteiger partial charge is 0.327 e. The van der Waals surface area contributed by atoms with E-state index in [1.165, 1.54) is 23.6 Å². The van der Waals surface area contributed by atoms with Gasteiger partial charge in [-0.2, -0.15) is 0 Å². The summed E-state index contributed by atoms with van der Waals surface area (Å²) in [7, 11) is 0. The topological polar surface area (TPSA) is 57.6 Å². The summed E-state index contributed by atoms with van der Waals surface area (Å²) in [6.45, 7) is 5.10. The highest BCUT2D eigenvalue weighted by atomic mass is 35.5. The van der Waals surface area contributed by atoms with Gasteiger partial charge in [0.1, 0.15) is 11.4 Å². The Balaban J connectivity index is 2.45. The summed E-state index contributed by atoms with van der Waals surface area (Å²) in [5.74, 6) is -1.22. The number of benzene rings is 1. The Morgan fingerprint density at radius 3 is 2.30 bits per heavy atom. The van der Waals surface area contributed by atoms with Gasteiger partial charge in [-0.25, -0.2) is 4.79 Å². The van der Waals surface area contributed by atoms with Crippen LogP contribution in [-0.2, 0) is 9.59 Å². The fourth-order valence-electron chi connectivity index (χ4n) is 2.50. The fourth-order valence-corrected chi connectivity index (χ4v) is 4.22. The lowest BCUT2D eigenvalue weighted by Gasteiger charge is -2.28. The summed E-state index contributed by atoms with van der Waals surface area (Å²) in [4.78, 5) is 24.9. The maximum Gasteiger partial charge on any atom is 0.327 e. The number of nitrogens with zero attached hydrogens (tertiary/aromatic N) is 1. The lowest BCUT2D eigenvalue weighted by atomic mass is 10.0. The molecule has 1 aliphatic rings. The van der Waals surface area contributed by atoms with E-state index in [-0.39, 0.29) is 11.3 Å². The number of thioether (sulfide) groups is 1. The Hall–Kier alpha value is -1.20. The van der Waals surface area contributed by atoms with Gasteiger partial charge in [0.15, 0.2) is 0 Å². The van der Waals surface area contributed by atoms with E-state index in [1.807, 2.05) is 26.0 Å². The third-order valence-corrected chi connectivity index (χ3v) is 5.16. The van der Waals surface area contributed by atoms with E-state index in [0.717, 1.165) is 5.56 Å². The maximum atomic E-state index is 11.9. The first-order chi connectivity index (χ1) is 9.24. The quantitative estimate of drug-likeness (QED) is 0.911. The number of aliphatic carboxylic acids is 1. The highest BCUT2D eigenvalue weighted by molar-refractivity contribution is 8.01. The Bertz CT molecular complexity index is 544. The van der Waals surface area contributed by atoms with Crippen molar-refractivity contribution in [2.75, 3.05) is 0 Å². The number of rotatable bonds is 2. The molecule has 1 aromatic carbocycles. The van der Waals surface area contributed by atoms with Crippen molar-refractivity contribution >= 4 is 35.2 Å². The van der Waals surface area contributed by atoms with Crippen LogP contribution in [0.3, 0.4) is 0 Å². The highest BCUT2D eigenvalue weighted by Crippen LogP contribution is 2.52. The molecule has 4 nitrogen and oxygen atoms in total. The van der Waals surface area contributed by atoms with Crippen molar-refractivity contribution < 1.29 is 14.7 Å². The van der Waals surface area contributed by atoms with Crippen LogP contribution < -0.4 is 0 Å². The number of hydrogen-bond acceptors (Lipinski definition) is 3. The molecule has 1 N–H and O–H groups in total. The van der Waals surface area contributed by atoms with Crippen LogP contribution in [0.4, 0.5) is 0 Å². The van der Waals surface area contributed by atoms with Crippen LogP contribution in [0.25, 0.3) is 0 Å². The summed E-state index contributed by atoms with van der Waals surface area (Å²) in [5.41, 5.74) is 0.881. The van der Waals surface area contributed by atoms with E-state index < -0.39 is 16.8 Å². The molecule has 20 heavy (non-hydrogen) atoms. The van der Waals surface area contributed by atoms with E-state index in [9.17, 15) is 14.7 Å². The summed E-state index contributed by atoms with van der Waals surface area (Å²) in [5, 5.41) is 9.76. The van der Waals surface area contributed by atoms with Gasteiger partial charge in [0.2, 0.25) is 5.91 Å². The summed E-state index contributed by atoms with van der Waals surface area (Å²) >= 11 is 7.35. The van der Waals surface area contributed by atoms with Crippen molar-refractivity contribution in [3.63, 3.8) is 0 Å². The maximum absolute atomic E-state index is 11.9. The lowest BCUT2D eigenvalue weighted by Crippen LogP contribution is -2.48. The van der Waals surface area contributed by atoms with Gasteiger partial charge in [-0.05, 0) is 31.5 Å². The lowest BCUT2D eigenvalue weighted by molar-refractivity contribution is -0.150. The zero-order valence-electron chi connectivity index (χ0n) is 11.5. The zero-order chi connectivity index (χ0) is 15.1. The van der Waals surface area contributed by atoms with Crippen LogP contribution in [0.5, 0.6) is 0 Å². The number of amides is 1. The van der Waals surface area contributed by atoms with E-state index in [0.29, 0.717) is 5.02 Å². The average molecular weight is 314 g/mol. The number of carboxylic acids is 1. The molecule has 2 rings (SSSR count). The van der Waals surface area contributed by atoms with Crippen molar-refractivity contribution in [2.45, 2.75) is 36.9 Å². The molecule has 0 saturated carbocycles. The summed E-state index contributed by atoms with van der Waals surface area (Å²) < 4.78 is -0.554. The molecule has 1 aromatic rings. The Labute approximate surface area is 127 Å². The summed E-state index contributed by atoms with van der Waals surface area (Å²) in [6, 6.07) is 6.31. The number of halogens is 1. The van der Waals surface area contributed by atoms with Crippen LogP contribution in [0, 0.1) is 0 Å². The van der Waals surface area contributed by atoms with Gasteiger partial charge in [-0.15, -0.1) is 11.8 Å². The predicted octanol–water partition coefficient (Wildman–Crippen LogP) is 3.17. The monoisotopic (exact) mass is 313 g/mol. The molecule has 2 atom stereocenters. The molecule has 6 heteroatoms. The second kappa shape index (κ2) is 5.30.